The molecule has 2 aliphatic heterocycles. The molecule has 0 spiro atoms. The number of nitrogens with zero attached hydrogens (tertiary/aromatic N) is 2. The van der Waals surface area contributed by atoms with Gasteiger partial charge in [0.25, 0.3) is 11.8 Å². The van der Waals surface area contributed by atoms with Crippen LogP contribution in [0.25, 0.3) is 5.57 Å². The second-order valence-corrected chi connectivity index (χ2v) is 8.45. The van der Waals surface area contributed by atoms with Gasteiger partial charge in [0.1, 0.15) is 11.5 Å². The Balaban J connectivity index is 1.62. The first-order valence-electron chi connectivity index (χ1n) is 9.73. The lowest BCUT2D eigenvalue weighted by Crippen LogP contribution is -2.47. The van der Waals surface area contributed by atoms with E-state index in [-0.39, 0.29) is 36.4 Å². The molecule has 0 bridgehead atoms. The van der Waals surface area contributed by atoms with Crippen LogP contribution >= 0.6 is 11.3 Å². The number of morpholine rings is 1. The van der Waals surface area contributed by atoms with Crippen LogP contribution in [0.2, 0.25) is 0 Å². The summed E-state index contributed by atoms with van der Waals surface area (Å²) in [5.41, 5.74) is 1.83. The summed E-state index contributed by atoms with van der Waals surface area (Å²) in [6, 6.07) is 9.90. The molecule has 4 rings (SSSR count). The van der Waals surface area contributed by atoms with E-state index < -0.39 is 0 Å². The second kappa shape index (κ2) is 8.08. The summed E-state index contributed by atoms with van der Waals surface area (Å²) in [5.74, 6) is -0.829. The van der Waals surface area contributed by atoms with Crippen molar-refractivity contribution in [3.63, 3.8) is 0 Å². The van der Waals surface area contributed by atoms with Crippen molar-refractivity contribution >= 4 is 28.7 Å². The molecule has 0 N–H and O–H groups in total. The fourth-order valence-corrected chi connectivity index (χ4v) is 4.72. The molecule has 3 heterocycles. The van der Waals surface area contributed by atoms with Crippen LogP contribution in [0.5, 0.6) is 0 Å². The minimum atomic E-state index is -0.304. The van der Waals surface area contributed by atoms with E-state index in [9.17, 15) is 14.0 Å². The van der Waals surface area contributed by atoms with Gasteiger partial charge in [-0.3, -0.25) is 14.5 Å². The molecular weight excluding hydrogens is 391 g/mol. The predicted octanol–water partition coefficient (Wildman–Crippen LogP) is 3.32. The van der Waals surface area contributed by atoms with E-state index >= 15 is 0 Å². The Morgan fingerprint density at radius 3 is 2.38 bits per heavy atom. The van der Waals surface area contributed by atoms with Crippen LogP contribution in [0.3, 0.4) is 0 Å². The van der Waals surface area contributed by atoms with E-state index in [0.717, 1.165) is 10.4 Å². The molecular formula is C22H23FN2O3S. The van der Waals surface area contributed by atoms with E-state index in [0.29, 0.717) is 30.8 Å². The zero-order valence-electron chi connectivity index (χ0n) is 16.4. The summed E-state index contributed by atoms with van der Waals surface area (Å²) in [5, 5.41) is 1.91. The van der Waals surface area contributed by atoms with E-state index in [1.165, 1.54) is 28.4 Å². The topological polar surface area (TPSA) is 49.9 Å². The average Bonchev–Trinajstić information content (AvgIpc) is 3.27. The second-order valence-electron chi connectivity index (χ2n) is 7.50. The molecule has 2 unspecified atom stereocenters. The molecule has 5 nitrogen and oxygen atoms in total. The average molecular weight is 415 g/mol. The minimum Gasteiger partial charge on any atom is -0.372 e. The molecule has 0 saturated carbocycles. The third kappa shape index (κ3) is 3.97. The fraction of sp³-hybridized carbons (Fsp3) is 0.364. The lowest BCUT2D eigenvalue weighted by atomic mass is 10.1. The lowest BCUT2D eigenvalue weighted by Gasteiger charge is -2.37. The van der Waals surface area contributed by atoms with Gasteiger partial charge < -0.3 is 9.64 Å². The lowest BCUT2D eigenvalue weighted by molar-refractivity contribution is -0.138. The number of carbonyl (C=O) groups excluding carboxylic acids is 2. The summed E-state index contributed by atoms with van der Waals surface area (Å²) in [6.45, 7) is 5.35. The smallest absolute Gasteiger partial charge is 0.277 e. The van der Waals surface area contributed by atoms with Crippen molar-refractivity contribution in [2.75, 3.05) is 19.6 Å². The van der Waals surface area contributed by atoms with Gasteiger partial charge in [0.05, 0.1) is 17.8 Å². The Kier molecular flexibility index (Phi) is 5.52. The number of ether oxygens (including phenoxy) is 1. The van der Waals surface area contributed by atoms with Crippen LogP contribution in [0.1, 0.15) is 24.3 Å². The summed E-state index contributed by atoms with van der Waals surface area (Å²) in [7, 11) is 0. The minimum absolute atomic E-state index is 0.0213. The Labute approximate surface area is 173 Å². The van der Waals surface area contributed by atoms with Gasteiger partial charge in [-0.1, -0.05) is 18.2 Å². The highest BCUT2D eigenvalue weighted by atomic mass is 32.1. The number of rotatable bonds is 5. The molecule has 1 aromatic carbocycles. The van der Waals surface area contributed by atoms with Gasteiger partial charge in [0.2, 0.25) is 0 Å². The van der Waals surface area contributed by atoms with Crippen LogP contribution in [0.4, 0.5) is 4.39 Å². The third-order valence-electron chi connectivity index (χ3n) is 5.18. The summed E-state index contributed by atoms with van der Waals surface area (Å²) in [6.07, 6.45) is 0.442. The van der Waals surface area contributed by atoms with Crippen molar-refractivity contribution in [1.82, 2.24) is 9.80 Å². The van der Waals surface area contributed by atoms with E-state index in [1.807, 2.05) is 36.3 Å². The predicted molar refractivity (Wildman–Crippen MR) is 110 cm³/mol. The molecule has 1 aromatic heterocycles. The first-order valence-corrected chi connectivity index (χ1v) is 10.6. The number of halogens is 1. The van der Waals surface area contributed by atoms with Crippen molar-refractivity contribution in [2.45, 2.75) is 32.5 Å². The molecule has 7 heteroatoms. The molecule has 1 fully saturated rings. The van der Waals surface area contributed by atoms with Gasteiger partial charge in [0.15, 0.2) is 0 Å². The van der Waals surface area contributed by atoms with Gasteiger partial charge in [0, 0.05) is 24.5 Å². The Morgan fingerprint density at radius 2 is 1.76 bits per heavy atom. The number of amides is 2. The van der Waals surface area contributed by atoms with Crippen LogP contribution in [0, 0.1) is 5.82 Å². The normalized spacial score (nSPS) is 22.7. The van der Waals surface area contributed by atoms with E-state index in [4.69, 9.17) is 4.74 Å². The monoisotopic (exact) mass is 414 g/mol. The summed E-state index contributed by atoms with van der Waals surface area (Å²) < 4.78 is 18.9. The van der Waals surface area contributed by atoms with Gasteiger partial charge in [-0.25, -0.2) is 4.39 Å². The quantitative estimate of drug-likeness (QED) is 0.705. The van der Waals surface area contributed by atoms with Gasteiger partial charge in [-0.05, 0) is 49.4 Å². The van der Waals surface area contributed by atoms with Crippen LogP contribution in [-0.2, 0) is 20.7 Å². The fourth-order valence-electron chi connectivity index (χ4n) is 3.96. The van der Waals surface area contributed by atoms with Crippen molar-refractivity contribution in [2.24, 2.45) is 0 Å². The molecule has 0 radical (unpaired) electrons. The Morgan fingerprint density at radius 1 is 1.07 bits per heavy atom. The maximum absolute atomic E-state index is 13.3. The highest BCUT2D eigenvalue weighted by Gasteiger charge is 2.43. The van der Waals surface area contributed by atoms with Crippen molar-refractivity contribution < 1.29 is 18.7 Å². The number of benzene rings is 1. The number of carbonyl (C=O) groups is 2. The van der Waals surface area contributed by atoms with Gasteiger partial charge in [-0.2, -0.15) is 0 Å². The zero-order valence-corrected chi connectivity index (χ0v) is 17.2. The zero-order chi connectivity index (χ0) is 20.5. The summed E-state index contributed by atoms with van der Waals surface area (Å²) >= 11 is 1.46. The van der Waals surface area contributed by atoms with Crippen LogP contribution in [-0.4, -0.2) is 53.5 Å². The number of hydrogen-bond donors (Lipinski definition) is 0. The Bertz CT molecular complexity index is 929. The van der Waals surface area contributed by atoms with Crippen LogP contribution < -0.4 is 0 Å². The molecule has 29 heavy (non-hydrogen) atoms. The molecule has 0 aliphatic carbocycles. The number of thiophene rings is 1. The number of hydrogen-bond acceptors (Lipinski definition) is 5. The van der Waals surface area contributed by atoms with Gasteiger partial charge in [-0.15, -0.1) is 11.3 Å². The number of imide groups is 1. The SMILES string of the molecule is CC1CN(C2=C(c3cccs3)C(=O)N(CCc3ccc(F)cc3)C2=O)CC(C)O1. The van der Waals surface area contributed by atoms with E-state index in [1.54, 1.807) is 12.1 Å². The molecule has 2 aromatic rings. The third-order valence-corrected chi connectivity index (χ3v) is 6.07. The molecule has 2 atom stereocenters. The first kappa shape index (κ1) is 19.8. The van der Waals surface area contributed by atoms with Gasteiger partial charge >= 0.3 is 0 Å². The summed E-state index contributed by atoms with van der Waals surface area (Å²) in [4.78, 5) is 30.7. The molecule has 2 amide bonds. The highest BCUT2D eigenvalue weighted by molar-refractivity contribution is 7.11. The molecule has 2 aliphatic rings. The van der Waals surface area contributed by atoms with Crippen molar-refractivity contribution in [3.8, 4) is 0 Å². The van der Waals surface area contributed by atoms with Crippen LogP contribution in [0.15, 0.2) is 47.5 Å². The van der Waals surface area contributed by atoms with Crippen molar-refractivity contribution in [3.05, 3.63) is 63.7 Å². The van der Waals surface area contributed by atoms with E-state index in [2.05, 4.69) is 0 Å². The maximum Gasteiger partial charge on any atom is 0.277 e. The highest BCUT2D eigenvalue weighted by Crippen LogP contribution is 2.35. The Hall–Kier alpha value is -2.51. The maximum atomic E-state index is 13.3. The first-order chi connectivity index (χ1) is 13.9. The van der Waals surface area contributed by atoms with Crippen molar-refractivity contribution in [1.29, 1.82) is 0 Å². The largest absolute Gasteiger partial charge is 0.372 e. The molecule has 1 saturated heterocycles. The standard InChI is InChI=1S/C22H23FN2O3S/c1-14-12-24(13-15(2)28-14)20-19(18-4-3-11-29-18)21(26)25(22(20)27)10-9-16-5-7-17(23)8-6-16/h3-8,11,14-15H,9-10,12-13H2,1-2H3. The molecule has 152 valence electrons.